The molecular formula is C17H16Cl2N4O2. The molecule has 0 aliphatic heterocycles. The monoisotopic (exact) mass is 378 g/mol. The van der Waals surface area contributed by atoms with E-state index in [4.69, 9.17) is 28.9 Å². The molecule has 2 aromatic carbocycles. The third-order valence-corrected chi connectivity index (χ3v) is 4.01. The number of hydrogen-bond acceptors (Lipinski definition) is 4. The lowest BCUT2D eigenvalue weighted by atomic mass is 10.2. The number of anilines is 2. The highest BCUT2D eigenvalue weighted by Crippen LogP contribution is 2.29. The van der Waals surface area contributed by atoms with Crippen molar-refractivity contribution < 1.29 is 9.59 Å². The lowest BCUT2D eigenvalue weighted by Crippen LogP contribution is -2.22. The van der Waals surface area contributed by atoms with Crippen LogP contribution in [0.1, 0.15) is 23.7 Å². The summed E-state index contributed by atoms with van der Waals surface area (Å²) < 4.78 is 0. The van der Waals surface area contributed by atoms with Crippen LogP contribution in [0.25, 0.3) is 0 Å². The molecule has 2 amide bonds. The van der Waals surface area contributed by atoms with Gasteiger partial charge in [-0.15, -0.1) is 0 Å². The Morgan fingerprint density at radius 2 is 1.84 bits per heavy atom. The van der Waals surface area contributed by atoms with Crippen LogP contribution in [-0.4, -0.2) is 17.5 Å². The molecular weight excluding hydrogens is 363 g/mol. The largest absolute Gasteiger partial charge is 0.398 e. The van der Waals surface area contributed by atoms with Crippen LogP contribution in [0.3, 0.4) is 0 Å². The SMILES string of the molecule is C/C(CC(=O)Nc1cccc(Cl)c1Cl)=N/NC(=O)c1ccccc1N. The minimum absolute atomic E-state index is 0.0204. The predicted octanol–water partition coefficient (Wildman–Crippen LogP) is 3.71. The highest BCUT2D eigenvalue weighted by molar-refractivity contribution is 6.44. The average molecular weight is 379 g/mol. The number of nitrogens with two attached hydrogens (primary N) is 1. The molecule has 0 fully saturated rings. The molecule has 2 rings (SSSR count). The molecule has 0 heterocycles. The van der Waals surface area contributed by atoms with E-state index in [2.05, 4.69) is 15.8 Å². The third kappa shape index (κ3) is 5.20. The molecule has 6 nitrogen and oxygen atoms in total. The lowest BCUT2D eigenvalue weighted by Gasteiger charge is -2.08. The Morgan fingerprint density at radius 1 is 1.12 bits per heavy atom. The zero-order valence-corrected chi connectivity index (χ0v) is 14.9. The van der Waals surface area contributed by atoms with Gasteiger partial charge in [-0.2, -0.15) is 5.10 Å². The van der Waals surface area contributed by atoms with Gasteiger partial charge in [-0.1, -0.05) is 41.4 Å². The van der Waals surface area contributed by atoms with E-state index >= 15 is 0 Å². The smallest absolute Gasteiger partial charge is 0.273 e. The van der Waals surface area contributed by atoms with Gasteiger partial charge < -0.3 is 11.1 Å². The Labute approximate surface area is 155 Å². The Hall–Kier alpha value is -2.57. The Balaban J connectivity index is 1.94. The van der Waals surface area contributed by atoms with Gasteiger partial charge in [0.1, 0.15) is 0 Å². The number of hydrazone groups is 1. The summed E-state index contributed by atoms with van der Waals surface area (Å²) in [6.45, 7) is 1.62. The topological polar surface area (TPSA) is 96.6 Å². The van der Waals surface area contributed by atoms with Gasteiger partial charge in [0.2, 0.25) is 5.91 Å². The van der Waals surface area contributed by atoms with Crippen molar-refractivity contribution in [2.24, 2.45) is 5.10 Å². The van der Waals surface area contributed by atoms with Crippen molar-refractivity contribution in [3.63, 3.8) is 0 Å². The second-order valence-electron chi connectivity index (χ2n) is 5.20. The van der Waals surface area contributed by atoms with Crippen LogP contribution in [0.4, 0.5) is 11.4 Å². The van der Waals surface area contributed by atoms with Crippen molar-refractivity contribution in [2.45, 2.75) is 13.3 Å². The van der Waals surface area contributed by atoms with E-state index in [0.717, 1.165) is 0 Å². The van der Waals surface area contributed by atoms with Crippen molar-refractivity contribution in [2.75, 3.05) is 11.1 Å². The summed E-state index contributed by atoms with van der Waals surface area (Å²) in [6, 6.07) is 11.6. The van der Waals surface area contributed by atoms with E-state index in [0.29, 0.717) is 27.7 Å². The number of amides is 2. The molecule has 0 saturated carbocycles. The molecule has 130 valence electrons. The molecule has 2 aromatic rings. The van der Waals surface area contributed by atoms with Crippen molar-refractivity contribution in [3.8, 4) is 0 Å². The van der Waals surface area contributed by atoms with Crippen LogP contribution in [0.15, 0.2) is 47.6 Å². The Morgan fingerprint density at radius 3 is 2.56 bits per heavy atom. The van der Waals surface area contributed by atoms with Gasteiger partial charge in [0.05, 0.1) is 27.7 Å². The van der Waals surface area contributed by atoms with Gasteiger partial charge in [0, 0.05) is 11.4 Å². The van der Waals surface area contributed by atoms with Crippen LogP contribution in [0.5, 0.6) is 0 Å². The normalized spacial score (nSPS) is 11.1. The first kappa shape index (κ1) is 18.8. The molecule has 0 saturated heterocycles. The van der Waals surface area contributed by atoms with Crippen LogP contribution < -0.4 is 16.5 Å². The summed E-state index contributed by atoms with van der Waals surface area (Å²) in [6.07, 6.45) is -0.0204. The number of nitrogens with one attached hydrogen (secondary N) is 2. The van der Waals surface area contributed by atoms with Gasteiger partial charge in [0.25, 0.3) is 5.91 Å². The molecule has 4 N–H and O–H groups in total. The maximum Gasteiger partial charge on any atom is 0.273 e. The summed E-state index contributed by atoms with van der Waals surface area (Å²) >= 11 is 11.9. The number of carbonyl (C=O) groups is 2. The lowest BCUT2D eigenvalue weighted by molar-refractivity contribution is -0.115. The minimum Gasteiger partial charge on any atom is -0.398 e. The second kappa shape index (κ2) is 8.50. The average Bonchev–Trinajstić information content (AvgIpc) is 2.57. The zero-order chi connectivity index (χ0) is 18.4. The number of benzene rings is 2. The summed E-state index contributed by atoms with van der Waals surface area (Å²) in [4.78, 5) is 24.0. The van der Waals surface area contributed by atoms with Crippen LogP contribution >= 0.6 is 23.2 Å². The van der Waals surface area contributed by atoms with Gasteiger partial charge in [-0.3, -0.25) is 9.59 Å². The zero-order valence-electron chi connectivity index (χ0n) is 13.3. The number of rotatable bonds is 5. The molecule has 25 heavy (non-hydrogen) atoms. The fourth-order valence-electron chi connectivity index (χ4n) is 1.98. The highest BCUT2D eigenvalue weighted by Gasteiger charge is 2.11. The van der Waals surface area contributed by atoms with Gasteiger partial charge >= 0.3 is 0 Å². The molecule has 0 aliphatic rings. The van der Waals surface area contributed by atoms with E-state index in [1.54, 1.807) is 49.4 Å². The van der Waals surface area contributed by atoms with Crippen molar-refractivity contribution in [3.05, 3.63) is 58.1 Å². The summed E-state index contributed by atoms with van der Waals surface area (Å²) in [5.74, 6) is -0.783. The van der Waals surface area contributed by atoms with Crippen molar-refractivity contribution >= 4 is 52.1 Å². The standard InChI is InChI=1S/C17H16Cl2N4O2/c1-10(22-23-17(25)11-5-2-3-7-13(11)20)9-15(24)21-14-8-4-6-12(18)16(14)19/h2-8H,9,20H2,1H3,(H,21,24)(H,23,25)/b22-10-. The second-order valence-corrected chi connectivity index (χ2v) is 5.99. The fourth-order valence-corrected chi connectivity index (χ4v) is 2.32. The Bertz CT molecular complexity index is 837. The van der Waals surface area contributed by atoms with E-state index in [9.17, 15) is 9.59 Å². The van der Waals surface area contributed by atoms with Crippen LogP contribution in [0.2, 0.25) is 10.0 Å². The van der Waals surface area contributed by atoms with E-state index in [1.807, 2.05) is 0 Å². The third-order valence-electron chi connectivity index (χ3n) is 3.20. The van der Waals surface area contributed by atoms with E-state index < -0.39 is 5.91 Å². The Kier molecular flexibility index (Phi) is 6.38. The van der Waals surface area contributed by atoms with Gasteiger partial charge in [-0.05, 0) is 31.2 Å². The van der Waals surface area contributed by atoms with Crippen LogP contribution in [0, 0.1) is 0 Å². The molecule has 8 heteroatoms. The van der Waals surface area contributed by atoms with Gasteiger partial charge in [-0.25, -0.2) is 5.43 Å². The van der Waals surface area contributed by atoms with E-state index in [1.165, 1.54) is 0 Å². The first-order valence-corrected chi connectivity index (χ1v) is 8.06. The molecule has 0 bridgehead atoms. The maximum atomic E-state index is 12.0. The van der Waals surface area contributed by atoms with Crippen LogP contribution in [-0.2, 0) is 4.79 Å². The van der Waals surface area contributed by atoms with Gasteiger partial charge in [0.15, 0.2) is 0 Å². The molecule has 0 spiro atoms. The molecule has 0 aromatic heterocycles. The number of carbonyl (C=O) groups excluding carboxylic acids is 2. The van der Waals surface area contributed by atoms with Crippen molar-refractivity contribution in [1.82, 2.24) is 5.43 Å². The fraction of sp³-hybridized carbons (Fsp3) is 0.118. The molecule has 0 unspecified atom stereocenters. The first-order chi connectivity index (χ1) is 11.9. The quantitative estimate of drug-likeness (QED) is 0.420. The number of hydrogen-bond donors (Lipinski definition) is 3. The number of nitrogen functional groups attached to an aromatic ring is 1. The first-order valence-electron chi connectivity index (χ1n) is 7.30. The number of para-hydroxylation sites is 1. The predicted molar refractivity (Wildman–Crippen MR) is 101 cm³/mol. The molecule has 0 radical (unpaired) electrons. The summed E-state index contributed by atoms with van der Waals surface area (Å²) in [5, 5.41) is 7.16. The summed E-state index contributed by atoms with van der Waals surface area (Å²) in [5.41, 5.74) is 9.58. The molecule has 0 aliphatic carbocycles. The molecule has 0 atom stereocenters. The van der Waals surface area contributed by atoms with Crippen molar-refractivity contribution in [1.29, 1.82) is 0 Å². The van der Waals surface area contributed by atoms with E-state index in [-0.39, 0.29) is 17.4 Å². The minimum atomic E-state index is -0.448. The maximum absolute atomic E-state index is 12.0. The number of nitrogens with zero attached hydrogens (tertiary/aromatic N) is 1. The highest BCUT2D eigenvalue weighted by atomic mass is 35.5. The number of halogens is 2. The summed E-state index contributed by atoms with van der Waals surface area (Å²) in [7, 11) is 0.